The molecular weight excluding hydrogens is 562 g/mol. The van der Waals surface area contributed by atoms with Crippen molar-refractivity contribution in [3.63, 3.8) is 0 Å². The number of likely N-dealkylation sites (tertiary alicyclic amines) is 1. The SMILES string of the molecule is COCCN1CCN(c2ccc(-c3nc4c(NC5CCN(Cc6ccc7c(c6)CCO7)CC5)c(Cl)cnc4[nH]3)cc2)CC1. The number of nitrogens with one attached hydrogen (secondary N) is 2. The van der Waals surface area contributed by atoms with E-state index in [0.29, 0.717) is 11.1 Å². The Morgan fingerprint density at radius 1 is 1.02 bits per heavy atom. The van der Waals surface area contributed by atoms with Crippen LogP contribution in [0.4, 0.5) is 11.4 Å². The number of ether oxygens (including phenoxy) is 2. The summed E-state index contributed by atoms with van der Waals surface area (Å²) in [6, 6.07) is 15.6. The van der Waals surface area contributed by atoms with Gasteiger partial charge in [0, 0.05) is 83.2 Å². The van der Waals surface area contributed by atoms with E-state index in [2.05, 4.69) is 72.4 Å². The van der Waals surface area contributed by atoms with Gasteiger partial charge in [0.05, 0.1) is 30.1 Å². The molecule has 2 fully saturated rings. The van der Waals surface area contributed by atoms with E-state index in [1.165, 1.54) is 16.8 Å². The normalized spacial score (nSPS) is 18.2. The van der Waals surface area contributed by atoms with Crippen LogP contribution in [0.1, 0.15) is 24.0 Å². The fraction of sp³-hybridized carbons (Fsp3) is 0.455. The van der Waals surface area contributed by atoms with Crippen LogP contribution in [0, 0.1) is 0 Å². The van der Waals surface area contributed by atoms with Crippen LogP contribution in [0.15, 0.2) is 48.7 Å². The number of anilines is 2. The van der Waals surface area contributed by atoms with Gasteiger partial charge in [0.2, 0.25) is 0 Å². The minimum Gasteiger partial charge on any atom is -0.493 e. The molecule has 43 heavy (non-hydrogen) atoms. The molecule has 2 saturated heterocycles. The quantitative estimate of drug-likeness (QED) is 0.276. The van der Waals surface area contributed by atoms with E-state index in [4.69, 9.17) is 26.1 Å². The smallest absolute Gasteiger partial charge is 0.159 e. The van der Waals surface area contributed by atoms with Crippen molar-refractivity contribution in [1.82, 2.24) is 24.8 Å². The molecule has 0 amide bonds. The molecule has 10 heteroatoms. The number of benzene rings is 2. The van der Waals surface area contributed by atoms with Gasteiger partial charge in [0.1, 0.15) is 17.1 Å². The number of rotatable bonds is 9. The maximum atomic E-state index is 6.69. The minimum absolute atomic E-state index is 0.335. The van der Waals surface area contributed by atoms with Crippen LogP contribution in [-0.2, 0) is 17.7 Å². The molecule has 4 aromatic rings. The monoisotopic (exact) mass is 601 g/mol. The number of pyridine rings is 1. The summed E-state index contributed by atoms with van der Waals surface area (Å²) in [4.78, 5) is 20.4. The summed E-state index contributed by atoms with van der Waals surface area (Å²) in [6.07, 6.45) is 4.83. The molecule has 0 unspecified atom stereocenters. The molecule has 3 aliphatic rings. The van der Waals surface area contributed by atoms with Gasteiger partial charge < -0.3 is 24.7 Å². The molecule has 9 nitrogen and oxygen atoms in total. The number of piperidine rings is 1. The van der Waals surface area contributed by atoms with Crippen molar-refractivity contribution in [3.8, 4) is 17.1 Å². The third kappa shape index (κ3) is 6.31. The maximum Gasteiger partial charge on any atom is 0.159 e. The van der Waals surface area contributed by atoms with Crippen LogP contribution >= 0.6 is 11.6 Å². The van der Waals surface area contributed by atoms with Crippen LogP contribution in [-0.4, -0.2) is 96.9 Å². The fourth-order valence-electron chi connectivity index (χ4n) is 6.52. The predicted molar refractivity (Wildman–Crippen MR) is 172 cm³/mol. The Labute approximate surface area is 258 Å². The Morgan fingerprint density at radius 2 is 1.84 bits per heavy atom. The van der Waals surface area contributed by atoms with Crippen LogP contribution in [0.2, 0.25) is 5.02 Å². The molecule has 0 spiro atoms. The third-order valence-corrected chi connectivity index (χ3v) is 9.34. The lowest BCUT2D eigenvalue weighted by atomic mass is 10.0. The first-order valence-corrected chi connectivity index (χ1v) is 15.8. The van der Waals surface area contributed by atoms with Crippen molar-refractivity contribution in [2.45, 2.75) is 31.8 Å². The summed E-state index contributed by atoms with van der Waals surface area (Å²) in [6.45, 7) is 9.80. The molecule has 7 rings (SSSR count). The molecule has 2 aromatic heterocycles. The van der Waals surface area contributed by atoms with Gasteiger partial charge >= 0.3 is 0 Å². The average Bonchev–Trinajstić information content (AvgIpc) is 3.70. The molecule has 5 heterocycles. The Bertz CT molecular complexity index is 1540. The summed E-state index contributed by atoms with van der Waals surface area (Å²) in [5.41, 5.74) is 7.39. The van der Waals surface area contributed by atoms with Gasteiger partial charge in [-0.15, -0.1) is 0 Å². The zero-order valence-electron chi connectivity index (χ0n) is 24.8. The van der Waals surface area contributed by atoms with Gasteiger partial charge in [-0.05, 0) is 54.3 Å². The molecule has 0 radical (unpaired) electrons. The van der Waals surface area contributed by atoms with Gasteiger partial charge in [-0.3, -0.25) is 9.80 Å². The van der Waals surface area contributed by atoms with Gasteiger partial charge in [-0.1, -0.05) is 23.7 Å². The van der Waals surface area contributed by atoms with Gasteiger partial charge in [-0.2, -0.15) is 0 Å². The molecule has 0 atom stereocenters. The topological polar surface area (TPSA) is 81.8 Å². The Hall–Kier alpha value is -3.37. The minimum atomic E-state index is 0.335. The molecule has 0 saturated carbocycles. The van der Waals surface area contributed by atoms with E-state index in [1.54, 1.807) is 13.3 Å². The number of nitrogens with zero attached hydrogens (tertiary/aromatic N) is 5. The number of aromatic nitrogens is 3. The summed E-state index contributed by atoms with van der Waals surface area (Å²) in [7, 11) is 1.76. The first-order chi connectivity index (χ1) is 21.1. The fourth-order valence-corrected chi connectivity index (χ4v) is 6.71. The van der Waals surface area contributed by atoms with Crippen molar-refractivity contribution in [1.29, 1.82) is 0 Å². The average molecular weight is 602 g/mol. The molecule has 226 valence electrons. The summed E-state index contributed by atoms with van der Waals surface area (Å²) in [5.74, 6) is 1.85. The van der Waals surface area contributed by atoms with Crippen molar-refractivity contribution in [2.24, 2.45) is 0 Å². The number of halogens is 1. The highest BCUT2D eigenvalue weighted by Crippen LogP contribution is 2.33. The molecule has 0 bridgehead atoms. The molecular formula is C33H40ClN7O2. The highest BCUT2D eigenvalue weighted by atomic mass is 35.5. The Balaban J connectivity index is 0.983. The van der Waals surface area contributed by atoms with E-state index in [9.17, 15) is 0 Å². The number of imidazole rings is 1. The van der Waals surface area contributed by atoms with Crippen molar-refractivity contribution >= 4 is 34.1 Å². The Morgan fingerprint density at radius 3 is 2.63 bits per heavy atom. The second-order valence-corrected chi connectivity index (χ2v) is 12.3. The Kier molecular flexibility index (Phi) is 8.39. The zero-order chi connectivity index (χ0) is 29.2. The predicted octanol–water partition coefficient (Wildman–Crippen LogP) is 5.06. The highest BCUT2D eigenvalue weighted by Gasteiger charge is 2.23. The standard InChI is InChI=1S/C33H40ClN7O2/c1-42-19-17-39-13-15-41(16-14-39)27-5-3-24(4-6-27)32-37-31-30(28(34)21-35-33(31)38-32)36-26-8-11-40(12-9-26)22-23-2-7-29-25(20-23)10-18-43-29/h2-7,20-21,26H,8-19,22H2,1H3,(H2,35,36,37,38). The third-order valence-electron chi connectivity index (χ3n) is 9.05. The lowest BCUT2D eigenvalue weighted by molar-refractivity contribution is 0.144. The van der Waals surface area contributed by atoms with Crippen LogP contribution < -0.4 is 15.0 Å². The molecule has 2 N–H and O–H groups in total. The first kappa shape index (κ1) is 28.4. The number of piperazine rings is 1. The molecule has 0 aliphatic carbocycles. The van der Waals surface area contributed by atoms with E-state index < -0.39 is 0 Å². The molecule has 2 aromatic carbocycles. The number of methoxy groups -OCH3 is 1. The van der Waals surface area contributed by atoms with Crippen molar-refractivity contribution < 1.29 is 9.47 Å². The summed E-state index contributed by atoms with van der Waals surface area (Å²) >= 11 is 6.69. The van der Waals surface area contributed by atoms with E-state index in [0.717, 1.165) is 119 Å². The van der Waals surface area contributed by atoms with Crippen LogP contribution in [0.25, 0.3) is 22.6 Å². The van der Waals surface area contributed by atoms with E-state index in [1.807, 2.05) is 0 Å². The van der Waals surface area contributed by atoms with E-state index >= 15 is 0 Å². The van der Waals surface area contributed by atoms with Gasteiger partial charge in [0.25, 0.3) is 0 Å². The van der Waals surface area contributed by atoms with Crippen LogP contribution in [0.5, 0.6) is 5.75 Å². The van der Waals surface area contributed by atoms with Crippen LogP contribution in [0.3, 0.4) is 0 Å². The summed E-state index contributed by atoms with van der Waals surface area (Å²) < 4.78 is 10.9. The lowest BCUT2D eigenvalue weighted by Crippen LogP contribution is -2.47. The zero-order valence-corrected chi connectivity index (χ0v) is 25.6. The number of hydrogen-bond donors (Lipinski definition) is 2. The lowest BCUT2D eigenvalue weighted by Gasteiger charge is -2.36. The summed E-state index contributed by atoms with van der Waals surface area (Å²) in [5, 5.41) is 4.33. The highest BCUT2D eigenvalue weighted by molar-refractivity contribution is 6.34. The maximum absolute atomic E-state index is 6.69. The first-order valence-electron chi connectivity index (χ1n) is 15.5. The second kappa shape index (κ2) is 12.7. The van der Waals surface area contributed by atoms with Gasteiger partial charge in [-0.25, -0.2) is 9.97 Å². The van der Waals surface area contributed by atoms with E-state index in [-0.39, 0.29) is 0 Å². The second-order valence-electron chi connectivity index (χ2n) is 11.9. The van der Waals surface area contributed by atoms with Gasteiger partial charge in [0.15, 0.2) is 5.65 Å². The number of aromatic amines is 1. The molecule has 3 aliphatic heterocycles. The number of H-pyrrole nitrogens is 1. The van der Waals surface area contributed by atoms with Crippen molar-refractivity contribution in [2.75, 3.05) is 76.4 Å². The largest absolute Gasteiger partial charge is 0.493 e. The number of fused-ring (bicyclic) bond motifs is 2. The van der Waals surface area contributed by atoms with Crippen molar-refractivity contribution in [3.05, 3.63) is 64.8 Å². The number of hydrogen-bond acceptors (Lipinski definition) is 8.